The Bertz CT molecular complexity index is 1630. The Balaban J connectivity index is 1.04. The highest BCUT2D eigenvalue weighted by Gasteiger charge is 2.21. The van der Waals surface area contributed by atoms with Crippen LogP contribution in [0.5, 0.6) is 11.5 Å². The Morgan fingerprint density at radius 2 is 0.671 bits per heavy atom. The van der Waals surface area contributed by atoms with Gasteiger partial charge in [-0.2, -0.15) is 32.7 Å². The Kier molecular flexibility index (Phi) is 36.2. The molecular weight excluding hydrogens is 893 g/mol. The summed E-state index contributed by atoms with van der Waals surface area (Å²) in [5, 5.41) is 0. The van der Waals surface area contributed by atoms with Crippen molar-refractivity contribution < 1.29 is 18.6 Å². The molecule has 0 saturated carbocycles. The number of ether oxygens (including phenoxy) is 2. The molecule has 0 aliphatic heterocycles. The van der Waals surface area contributed by atoms with Gasteiger partial charge in [0.1, 0.15) is 11.5 Å². The van der Waals surface area contributed by atoms with Gasteiger partial charge in [-0.1, -0.05) is 217 Å². The van der Waals surface area contributed by atoms with Gasteiger partial charge in [0.25, 0.3) is 0 Å². The second-order valence-corrected chi connectivity index (χ2v) is 22.7. The molecular formula is C64H102N2O2S2+2. The summed E-state index contributed by atoms with van der Waals surface area (Å²) < 4.78 is 17.7. The molecule has 390 valence electrons. The minimum absolute atomic E-state index is 0.310. The van der Waals surface area contributed by atoms with Crippen molar-refractivity contribution in [3.63, 3.8) is 0 Å². The molecule has 70 heavy (non-hydrogen) atoms. The van der Waals surface area contributed by atoms with E-state index in [1.165, 1.54) is 215 Å². The lowest BCUT2D eigenvalue weighted by Crippen LogP contribution is -2.43. The standard InChI is InChI=1S/C64H102N2O2S2/c1-3-5-7-9-11-13-15-17-19-21-23-25-31-41-59-43-39-45-63(53-59)67-55-61(65-47-33-29-34-48-65)57-69-51-37-27-28-38-52-70-58-62(66-49-35-30-36-50-66)56-68-64-46-40-44-60(54-64)42-32-26-24-22-20-18-16-14-12-10-8-6-4-2/h29-30,33-36,39-40,43-50,53-54,61-62H,3-28,31-32,37-38,41-42,51-52,55-58H2,1-2H3/q+2. The smallest absolute Gasteiger partial charge is 0.200 e. The lowest BCUT2D eigenvalue weighted by Gasteiger charge is -2.15. The fourth-order valence-corrected chi connectivity index (χ4v) is 11.8. The molecule has 2 atom stereocenters. The van der Waals surface area contributed by atoms with E-state index >= 15 is 0 Å². The first-order valence-electron chi connectivity index (χ1n) is 29.3. The highest BCUT2D eigenvalue weighted by atomic mass is 32.2. The van der Waals surface area contributed by atoms with E-state index in [1.54, 1.807) is 0 Å². The molecule has 2 aromatic heterocycles. The van der Waals surface area contributed by atoms with E-state index in [2.05, 4.69) is 156 Å². The first-order chi connectivity index (χ1) is 34.7. The SMILES string of the molecule is CCCCCCCCCCCCCCCc1cccc(OCC(CSCCCCCCSCC(COc2cccc(CCCCCCCCCCCCCCC)c2)[n+]2ccccc2)[n+]2ccccc2)c1. The molecule has 2 heterocycles. The first kappa shape index (κ1) is 59.6. The van der Waals surface area contributed by atoms with Crippen LogP contribution in [0.4, 0.5) is 0 Å². The van der Waals surface area contributed by atoms with Gasteiger partial charge in [-0.15, -0.1) is 0 Å². The van der Waals surface area contributed by atoms with Crippen LogP contribution in [0.15, 0.2) is 110 Å². The highest BCUT2D eigenvalue weighted by molar-refractivity contribution is 7.99. The number of thioether (sulfide) groups is 2. The zero-order valence-electron chi connectivity index (χ0n) is 44.9. The summed E-state index contributed by atoms with van der Waals surface area (Å²) >= 11 is 4.17. The highest BCUT2D eigenvalue weighted by Crippen LogP contribution is 2.22. The van der Waals surface area contributed by atoms with Crippen molar-refractivity contribution in [2.24, 2.45) is 0 Å². The Hall–Kier alpha value is -2.96. The molecule has 0 bridgehead atoms. The molecule has 2 unspecified atom stereocenters. The number of aryl methyl sites for hydroxylation is 2. The maximum absolute atomic E-state index is 6.50. The molecule has 0 aliphatic rings. The van der Waals surface area contributed by atoms with Gasteiger partial charge in [0, 0.05) is 24.3 Å². The Morgan fingerprint density at radius 1 is 0.357 bits per heavy atom. The molecule has 4 aromatic rings. The normalized spacial score (nSPS) is 12.3. The van der Waals surface area contributed by atoms with Gasteiger partial charge in [0.05, 0.1) is 11.5 Å². The molecule has 0 radical (unpaired) electrons. The van der Waals surface area contributed by atoms with Gasteiger partial charge in [-0.3, -0.25) is 0 Å². The van der Waals surface area contributed by atoms with Crippen LogP contribution in [0.3, 0.4) is 0 Å². The molecule has 4 rings (SSSR count). The average molecular weight is 996 g/mol. The van der Waals surface area contributed by atoms with Gasteiger partial charge in [0.2, 0.25) is 12.1 Å². The van der Waals surface area contributed by atoms with Crippen molar-refractivity contribution in [2.75, 3.05) is 36.2 Å². The molecule has 2 aromatic carbocycles. The fraction of sp³-hybridized carbons (Fsp3) is 0.656. The van der Waals surface area contributed by atoms with Crippen molar-refractivity contribution in [2.45, 2.75) is 231 Å². The molecule has 0 saturated heterocycles. The number of benzene rings is 2. The topological polar surface area (TPSA) is 26.2 Å². The molecule has 0 spiro atoms. The van der Waals surface area contributed by atoms with E-state index in [9.17, 15) is 0 Å². The third-order valence-electron chi connectivity index (χ3n) is 14.1. The zero-order valence-corrected chi connectivity index (χ0v) is 46.6. The maximum atomic E-state index is 6.50. The minimum Gasteiger partial charge on any atom is -0.487 e. The minimum atomic E-state index is 0.310. The predicted molar refractivity (Wildman–Crippen MR) is 307 cm³/mol. The van der Waals surface area contributed by atoms with E-state index in [0.29, 0.717) is 25.3 Å². The molecule has 4 nitrogen and oxygen atoms in total. The molecule has 0 amide bonds. The summed E-state index contributed by atoms with van der Waals surface area (Å²) in [6.45, 7) is 5.99. The molecule has 6 heteroatoms. The van der Waals surface area contributed by atoms with Gasteiger partial charge in [0.15, 0.2) is 38.0 Å². The number of unbranched alkanes of at least 4 members (excludes halogenated alkanes) is 27. The second kappa shape index (κ2) is 42.5. The predicted octanol–water partition coefficient (Wildman–Crippen LogP) is 18.5. The number of rotatable bonds is 47. The summed E-state index contributed by atoms with van der Waals surface area (Å²) in [5.41, 5.74) is 2.82. The van der Waals surface area contributed by atoms with Crippen molar-refractivity contribution in [1.82, 2.24) is 0 Å². The second-order valence-electron chi connectivity index (χ2n) is 20.4. The maximum Gasteiger partial charge on any atom is 0.200 e. The van der Waals surface area contributed by atoms with Crippen molar-refractivity contribution in [3.05, 3.63) is 121 Å². The van der Waals surface area contributed by atoms with Gasteiger partial charge in [-0.25, -0.2) is 0 Å². The van der Waals surface area contributed by atoms with Crippen LogP contribution in [0, 0.1) is 0 Å². The number of pyridine rings is 2. The number of nitrogens with zero attached hydrogens (tertiary/aromatic N) is 2. The van der Waals surface area contributed by atoms with Crippen LogP contribution in [0.25, 0.3) is 0 Å². The monoisotopic (exact) mass is 995 g/mol. The number of hydrogen-bond donors (Lipinski definition) is 0. The number of aromatic nitrogens is 2. The quantitative estimate of drug-likeness (QED) is 0.0325. The van der Waals surface area contributed by atoms with Crippen LogP contribution in [-0.2, 0) is 12.8 Å². The van der Waals surface area contributed by atoms with E-state index in [0.717, 1.165) is 35.8 Å². The van der Waals surface area contributed by atoms with Crippen LogP contribution in [0.2, 0.25) is 0 Å². The van der Waals surface area contributed by atoms with E-state index in [1.807, 2.05) is 0 Å². The van der Waals surface area contributed by atoms with Crippen molar-refractivity contribution in [1.29, 1.82) is 0 Å². The Labute approximate surface area is 439 Å². The zero-order chi connectivity index (χ0) is 49.0. The van der Waals surface area contributed by atoms with Gasteiger partial charge < -0.3 is 9.47 Å². The van der Waals surface area contributed by atoms with Crippen LogP contribution in [-0.4, -0.2) is 36.2 Å². The van der Waals surface area contributed by atoms with E-state index < -0.39 is 0 Å². The molecule has 0 fully saturated rings. The van der Waals surface area contributed by atoms with Crippen LogP contribution >= 0.6 is 23.5 Å². The molecule has 0 aliphatic carbocycles. The summed E-state index contributed by atoms with van der Waals surface area (Å²) in [7, 11) is 0. The Morgan fingerprint density at radius 3 is 1.01 bits per heavy atom. The van der Waals surface area contributed by atoms with Gasteiger partial charge in [-0.05, 0) is 85.4 Å². The van der Waals surface area contributed by atoms with Crippen molar-refractivity contribution in [3.8, 4) is 11.5 Å². The summed E-state index contributed by atoms with van der Waals surface area (Å²) in [6, 6.07) is 31.2. The third-order valence-corrected chi connectivity index (χ3v) is 16.5. The largest absolute Gasteiger partial charge is 0.487 e. The molecule has 0 N–H and O–H groups in total. The fourth-order valence-electron chi connectivity index (χ4n) is 9.61. The summed E-state index contributed by atoms with van der Waals surface area (Å²) in [4.78, 5) is 0. The first-order valence-corrected chi connectivity index (χ1v) is 31.6. The van der Waals surface area contributed by atoms with Crippen LogP contribution in [0.1, 0.15) is 230 Å². The van der Waals surface area contributed by atoms with E-state index in [-0.39, 0.29) is 0 Å². The van der Waals surface area contributed by atoms with Crippen molar-refractivity contribution >= 4 is 23.5 Å². The number of hydrogen-bond acceptors (Lipinski definition) is 4. The lowest BCUT2D eigenvalue weighted by atomic mass is 10.0. The average Bonchev–Trinajstić information content (AvgIpc) is 3.39. The van der Waals surface area contributed by atoms with E-state index in [4.69, 9.17) is 9.47 Å². The van der Waals surface area contributed by atoms with Gasteiger partial charge >= 0.3 is 0 Å². The summed E-state index contributed by atoms with van der Waals surface area (Å²) in [6.07, 6.45) is 52.6. The lowest BCUT2D eigenvalue weighted by molar-refractivity contribution is -0.719. The van der Waals surface area contributed by atoms with Crippen LogP contribution < -0.4 is 18.6 Å². The third kappa shape index (κ3) is 30.2. The summed E-state index contributed by atoms with van der Waals surface area (Å²) in [5.74, 6) is 6.56.